The van der Waals surface area contributed by atoms with Crippen LogP contribution in [0.15, 0.2) is 35.7 Å². The van der Waals surface area contributed by atoms with Gasteiger partial charge in [0.25, 0.3) is 0 Å². The van der Waals surface area contributed by atoms with Gasteiger partial charge in [-0.1, -0.05) is 37.1 Å². The summed E-state index contributed by atoms with van der Waals surface area (Å²) in [5.41, 5.74) is 9.09. The van der Waals surface area contributed by atoms with Gasteiger partial charge in [0.1, 0.15) is 11.6 Å². The molecule has 0 aliphatic carbocycles. The van der Waals surface area contributed by atoms with E-state index >= 15 is 0 Å². The highest BCUT2D eigenvalue weighted by Gasteiger charge is 2.34. The lowest BCUT2D eigenvalue weighted by atomic mass is 9.83. The smallest absolute Gasteiger partial charge is 0.244 e. The number of aryl methyl sites for hydroxylation is 1. The summed E-state index contributed by atoms with van der Waals surface area (Å²) in [7, 11) is 0. The van der Waals surface area contributed by atoms with E-state index in [-0.39, 0.29) is 11.8 Å². The Kier molecular flexibility index (Phi) is 3.78. The zero-order valence-electron chi connectivity index (χ0n) is 12.1. The number of nitrogens with zero attached hydrogens (tertiary/aromatic N) is 2. The fourth-order valence-corrected chi connectivity index (χ4v) is 2.86. The van der Waals surface area contributed by atoms with Crippen molar-refractivity contribution in [1.82, 2.24) is 10.2 Å². The topological polar surface area (TPSA) is 87.7 Å². The largest absolute Gasteiger partial charge is 0.420 e. The molecule has 112 valence electrons. The number of benzene rings is 1. The summed E-state index contributed by atoms with van der Waals surface area (Å²) >= 11 is 5.96. The van der Waals surface area contributed by atoms with E-state index in [0.717, 1.165) is 29.7 Å². The van der Waals surface area contributed by atoms with E-state index in [4.69, 9.17) is 22.1 Å². The molecule has 0 saturated heterocycles. The fourth-order valence-electron chi connectivity index (χ4n) is 2.74. The van der Waals surface area contributed by atoms with Gasteiger partial charge in [0.2, 0.25) is 11.8 Å². The van der Waals surface area contributed by atoms with Crippen LogP contribution in [0.3, 0.4) is 0 Å². The average Bonchev–Trinajstić information content (AvgIpc) is 2.90. The molecule has 3 N–H and O–H groups in total. The van der Waals surface area contributed by atoms with Gasteiger partial charge in [-0.25, -0.2) is 0 Å². The standard InChI is InChI=1S/C16H15ClN4O/c1-2-3-12-14-13(9-4-6-10(17)7-5-9)11(8-18)15(19)22-16(14)21-20-12/h4-7,13H,2-3,19H2,1H3,(H,20,21)/t13-/m0/s1. The molecule has 3 rings (SSSR count). The first kappa shape index (κ1) is 14.5. The molecule has 6 heteroatoms. The number of rotatable bonds is 3. The highest BCUT2D eigenvalue weighted by Crippen LogP contribution is 2.43. The molecule has 1 aliphatic rings. The quantitative estimate of drug-likeness (QED) is 0.910. The van der Waals surface area contributed by atoms with Crippen LogP contribution >= 0.6 is 11.6 Å². The lowest BCUT2D eigenvalue weighted by molar-refractivity contribution is 0.378. The van der Waals surface area contributed by atoms with Gasteiger partial charge in [-0.3, -0.25) is 5.10 Å². The van der Waals surface area contributed by atoms with Crippen molar-refractivity contribution >= 4 is 11.6 Å². The first-order chi connectivity index (χ1) is 10.7. The molecule has 0 bridgehead atoms. The Labute approximate surface area is 133 Å². The van der Waals surface area contributed by atoms with Crippen LogP contribution in [0.5, 0.6) is 5.88 Å². The molecule has 0 fully saturated rings. The molecule has 1 aromatic heterocycles. The van der Waals surface area contributed by atoms with E-state index in [1.165, 1.54) is 0 Å². The summed E-state index contributed by atoms with van der Waals surface area (Å²) in [6.07, 6.45) is 1.79. The van der Waals surface area contributed by atoms with Gasteiger partial charge < -0.3 is 10.5 Å². The third-order valence-corrected chi connectivity index (χ3v) is 3.97. The van der Waals surface area contributed by atoms with Crippen molar-refractivity contribution in [1.29, 1.82) is 5.26 Å². The van der Waals surface area contributed by atoms with Gasteiger partial charge in [-0.15, -0.1) is 5.10 Å². The van der Waals surface area contributed by atoms with Crippen LogP contribution in [0.4, 0.5) is 0 Å². The van der Waals surface area contributed by atoms with E-state index in [0.29, 0.717) is 16.5 Å². The summed E-state index contributed by atoms with van der Waals surface area (Å²) in [5.74, 6) is 0.260. The van der Waals surface area contributed by atoms with Crippen molar-refractivity contribution in [3.05, 3.63) is 57.6 Å². The number of H-pyrrole nitrogens is 1. The number of ether oxygens (including phenoxy) is 1. The number of nitrogens with two attached hydrogens (primary N) is 1. The Morgan fingerprint density at radius 3 is 2.77 bits per heavy atom. The number of nitrogens with one attached hydrogen (secondary N) is 1. The number of aromatic nitrogens is 2. The van der Waals surface area contributed by atoms with Crippen LogP contribution in [-0.2, 0) is 6.42 Å². The Morgan fingerprint density at radius 1 is 1.41 bits per heavy atom. The van der Waals surface area contributed by atoms with Crippen LogP contribution in [0.2, 0.25) is 5.02 Å². The van der Waals surface area contributed by atoms with Crippen LogP contribution in [0.25, 0.3) is 0 Å². The molecule has 0 saturated carbocycles. The minimum Gasteiger partial charge on any atom is -0.420 e. The zero-order valence-corrected chi connectivity index (χ0v) is 12.8. The summed E-state index contributed by atoms with van der Waals surface area (Å²) in [5, 5.41) is 17.3. The minimum absolute atomic E-state index is 0.101. The van der Waals surface area contributed by atoms with Gasteiger partial charge in [-0.05, 0) is 24.1 Å². The van der Waals surface area contributed by atoms with Crippen molar-refractivity contribution < 1.29 is 4.74 Å². The van der Waals surface area contributed by atoms with Crippen molar-refractivity contribution in [2.75, 3.05) is 0 Å². The molecule has 0 radical (unpaired) electrons. The number of allylic oxidation sites excluding steroid dienone is 1. The predicted octanol–water partition coefficient (Wildman–Crippen LogP) is 3.23. The Hall–Kier alpha value is -2.45. The van der Waals surface area contributed by atoms with Gasteiger partial charge in [0, 0.05) is 16.3 Å². The van der Waals surface area contributed by atoms with Gasteiger partial charge in [0.15, 0.2) is 0 Å². The molecule has 2 heterocycles. The Balaban J connectivity index is 2.19. The summed E-state index contributed by atoms with van der Waals surface area (Å²) in [6.45, 7) is 2.09. The number of nitriles is 1. The highest BCUT2D eigenvalue weighted by atomic mass is 35.5. The zero-order chi connectivity index (χ0) is 15.7. The number of aromatic amines is 1. The van der Waals surface area contributed by atoms with Crippen LogP contribution < -0.4 is 10.5 Å². The normalized spacial score (nSPS) is 16.9. The van der Waals surface area contributed by atoms with Crippen LogP contribution in [-0.4, -0.2) is 10.2 Å². The summed E-state index contributed by atoms with van der Waals surface area (Å²) < 4.78 is 5.50. The third kappa shape index (κ3) is 2.32. The maximum Gasteiger partial charge on any atom is 0.244 e. The monoisotopic (exact) mass is 314 g/mol. The van der Waals surface area contributed by atoms with Gasteiger partial charge >= 0.3 is 0 Å². The van der Waals surface area contributed by atoms with Crippen LogP contribution in [0, 0.1) is 11.3 Å². The lowest BCUT2D eigenvalue weighted by Gasteiger charge is -2.24. The first-order valence-corrected chi connectivity index (χ1v) is 7.43. The van der Waals surface area contributed by atoms with E-state index in [1.54, 1.807) is 12.1 Å². The summed E-state index contributed by atoms with van der Waals surface area (Å²) in [4.78, 5) is 0. The molecule has 0 unspecified atom stereocenters. The lowest BCUT2D eigenvalue weighted by Crippen LogP contribution is -2.21. The predicted molar refractivity (Wildman–Crippen MR) is 83.3 cm³/mol. The van der Waals surface area contributed by atoms with E-state index < -0.39 is 0 Å². The summed E-state index contributed by atoms with van der Waals surface area (Å²) in [6, 6.07) is 9.57. The number of halogens is 1. The molecule has 5 nitrogen and oxygen atoms in total. The molecule has 22 heavy (non-hydrogen) atoms. The fraction of sp³-hybridized carbons (Fsp3) is 0.250. The van der Waals surface area contributed by atoms with Gasteiger partial charge in [0.05, 0.1) is 5.92 Å². The van der Waals surface area contributed by atoms with Crippen molar-refractivity contribution in [2.24, 2.45) is 5.73 Å². The first-order valence-electron chi connectivity index (χ1n) is 7.05. The second-order valence-electron chi connectivity index (χ2n) is 5.15. The molecule has 1 aliphatic heterocycles. The average molecular weight is 315 g/mol. The van der Waals surface area contributed by atoms with E-state index in [9.17, 15) is 5.26 Å². The number of hydrogen-bond donors (Lipinski definition) is 2. The molecule has 0 amide bonds. The second kappa shape index (κ2) is 5.74. The van der Waals surface area contributed by atoms with Crippen molar-refractivity contribution in [3.8, 4) is 11.9 Å². The van der Waals surface area contributed by atoms with Crippen molar-refractivity contribution in [3.63, 3.8) is 0 Å². The number of fused-ring (bicyclic) bond motifs is 1. The minimum atomic E-state index is -0.286. The maximum absolute atomic E-state index is 9.51. The highest BCUT2D eigenvalue weighted by molar-refractivity contribution is 6.30. The molecule has 1 aromatic carbocycles. The van der Waals surface area contributed by atoms with Gasteiger partial charge in [-0.2, -0.15) is 5.26 Å². The number of hydrogen-bond acceptors (Lipinski definition) is 4. The van der Waals surface area contributed by atoms with Crippen molar-refractivity contribution in [2.45, 2.75) is 25.7 Å². The molecular weight excluding hydrogens is 300 g/mol. The second-order valence-corrected chi connectivity index (χ2v) is 5.58. The third-order valence-electron chi connectivity index (χ3n) is 3.72. The van der Waals surface area contributed by atoms with E-state index in [1.807, 2.05) is 12.1 Å². The maximum atomic E-state index is 9.51. The Bertz CT molecular complexity index is 770. The molecule has 0 spiro atoms. The van der Waals surface area contributed by atoms with Crippen LogP contribution in [0.1, 0.15) is 36.1 Å². The van der Waals surface area contributed by atoms with E-state index in [2.05, 4.69) is 23.2 Å². The molecule has 1 atom stereocenters. The molecule has 2 aromatic rings. The SMILES string of the molecule is CCCc1[nH]nc2c1[C@@H](c1ccc(Cl)cc1)C(C#N)=C(N)O2. The molecular formula is C16H15ClN4O. The Morgan fingerprint density at radius 2 is 2.14 bits per heavy atom.